The molecule has 1 aliphatic carbocycles. The van der Waals surface area contributed by atoms with Crippen molar-refractivity contribution in [3.05, 3.63) is 52.0 Å². The standard InChI is InChI=1S/C14H11BrO2/c15-11-6-4-10(5-7-11)2-1-3-12-13(16)8-9-14(12)17/h1-7H,8-9H2/b2-1+. The highest BCUT2D eigenvalue weighted by Crippen LogP contribution is 2.17. The summed E-state index contributed by atoms with van der Waals surface area (Å²) in [7, 11) is 0. The lowest BCUT2D eigenvalue weighted by Gasteiger charge is -1.93. The van der Waals surface area contributed by atoms with Crippen molar-refractivity contribution in [2.45, 2.75) is 12.8 Å². The number of rotatable bonds is 2. The third-order valence-electron chi connectivity index (χ3n) is 2.60. The number of halogens is 1. The molecular weight excluding hydrogens is 280 g/mol. The molecule has 1 aliphatic rings. The molecule has 0 N–H and O–H groups in total. The van der Waals surface area contributed by atoms with Gasteiger partial charge >= 0.3 is 0 Å². The van der Waals surface area contributed by atoms with E-state index in [0.717, 1.165) is 10.0 Å². The number of ketones is 2. The van der Waals surface area contributed by atoms with Gasteiger partial charge in [0.2, 0.25) is 0 Å². The highest BCUT2D eigenvalue weighted by molar-refractivity contribution is 9.10. The van der Waals surface area contributed by atoms with E-state index in [-0.39, 0.29) is 11.6 Å². The van der Waals surface area contributed by atoms with Crippen molar-refractivity contribution >= 4 is 33.6 Å². The van der Waals surface area contributed by atoms with Crippen LogP contribution < -0.4 is 0 Å². The molecule has 0 radical (unpaired) electrons. The lowest BCUT2D eigenvalue weighted by atomic mass is 10.1. The van der Waals surface area contributed by atoms with E-state index < -0.39 is 0 Å². The molecule has 2 rings (SSSR count). The number of carbonyl (C=O) groups excluding carboxylic acids is 2. The van der Waals surface area contributed by atoms with Crippen LogP contribution in [0.3, 0.4) is 0 Å². The fourth-order valence-electron chi connectivity index (χ4n) is 1.67. The molecule has 0 atom stereocenters. The summed E-state index contributed by atoms with van der Waals surface area (Å²) < 4.78 is 1.02. The molecule has 0 bridgehead atoms. The summed E-state index contributed by atoms with van der Waals surface area (Å²) in [4.78, 5) is 22.7. The number of carbonyl (C=O) groups is 2. The van der Waals surface area contributed by atoms with E-state index in [1.54, 1.807) is 12.2 Å². The first-order valence-electron chi connectivity index (χ1n) is 5.37. The van der Waals surface area contributed by atoms with Crippen molar-refractivity contribution in [2.24, 2.45) is 0 Å². The van der Waals surface area contributed by atoms with Gasteiger partial charge in [0.05, 0.1) is 5.57 Å². The van der Waals surface area contributed by atoms with E-state index in [2.05, 4.69) is 15.9 Å². The molecule has 2 nitrogen and oxygen atoms in total. The lowest BCUT2D eigenvalue weighted by Crippen LogP contribution is -1.97. The molecule has 17 heavy (non-hydrogen) atoms. The number of allylic oxidation sites excluding steroid dienone is 3. The van der Waals surface area contributed by atoms with Crippen LogP contribution in [0.5, 0.6) is 0 Å². The van der Waals surface area contributed by atoms with Crippen LogP contribution in [-0.2, 0) is 9.59 Å². The predicted octanol–water partition coefficient (Wildman–Crippen LogP) is 3.32. The zero-order valence-corrected chi connectivity index (χ0v) is 10.7. The number of hydrogen-bond donors (Lipinski definition) is 0. The van der Waals surface area contributed by atoms with Crippen molar-refractivity contribution in [1.82, 2.24) is 0 Å². The van der Waals surface area contributed by atoms with Gasteiger partial charge in [-0.1, -0.05) is 40.2 Å². The molecule has 0 heterocycles. The van der Waals surface area contributed by atoms with E-state index in [1.807, 2.05) is 30.3 Å². The molecule has 1 saturated carbocycles. The van der Waals surface area contributed by atoms with Crippen molar-refractivity contribution < 1.29 is 9.59 Å². The van der Waals surface area contributed by atoms with Gasteiger partial charge in [0.1, 0.15) is 0 Å². The van der Waals surface area contributed by atoms with Gasteiger partial charge in [-0.3, -0.25) is 9.59 Å². The van der Waals surface area contributed by atoms with Crippen molar-refractivity contribution in [3.8, 4) is 0 Å². The van der Waals surface area contributed by atoms with Crippen molar-refractivity contribution in [2.75, 3.05) is 0 Å². The average Bonchev–Trinajstić information content (AvgIpc) is 2.63. The molecule has 0 amide bonds. The first kappa shape index (κ1) is 12.0. The average molecular weight is 291 g/mol. The normalized spacial score (nSPS) is 15.9. The van der Waals surface area contributed by atoms with E-state index in [1.165, 1.54) is 0 Å². The largest absolute Gasteiger partial charge is 0.294 e. The van der Waals surface area contributed by atoms with Crippen LogP contribution >= 0.6 is 15.9 Å². The second-order valence-electron chi connectivity index (χ2n) is 3.84. The quantitative estimate of drug-likeness (QED) is 0.618. The van der Waals surface area contributed by atoms with Crippen molar-refractivity contribution in [3.63, 3.8) is 0 Å². The molecule has 0 spiro atoms. The van der Waals surface area contributed by atoms with E-state index in [4.69, 9.17) is 0 Å². The Balaban J connectivity index is 2.11. The Morgan fingerprint density at radius 1 is 1.00 bits per heavy atom. The summed E-state index contributed by atoms with van der Waals surface area (Å²) in [5, 5.41) is 0. The zero-order valence-electron chi connectivity index (χ0n) is 9.15. The highest BCUT2D eigenvalue weighted by atomic mass is 79.9. The van der Waals surface area contributed by atoms with E-state index in [9.17, 15) is 9.59 Å². The summed E-state index contributed by atoms with van der Waals surface area (Å²) in [6, 6.07) is 7.80. The molecule has 0 unspecified atom stereocenters. The van der Waals surface area contributed by atoms with E-state index >= 15 is 0 Å². The third-order valence-corrected chi connectivity index (χ3v) is 3.13. The topological polar surface area (TPSA) is 34.1 Å². The van der Waals surface area contributed by atoms with Gasteiger partial charge in [0, 0.05) is 17.3 Å². The maximum atomic E-state index is 11.3. The second kappa shape index (κ2) is 5.23. The van der Waals surface area contributed by atoms with Crippen LogP contribution in [0.1, 0.15) is 18.4 Å². The Labute approximate surface area is 108 Å². The van der Waals surface area contributed by atoms with Crippen LogP contribution in [-0.4, -0.2) is 11.6 Å². The Morgan fingerprint density at radius 2 is 1.59 bits per heavy atom. The minimum Gasteiger partial charge on any atom is -0.294 e. The summed E-state index contributed by atoms with van der Waals surface area (Å²) in [5.74, 6) is -0.0917. The van der Waals surface area contributed by atoms with Crippen molar-refractivity contribution in [1.29, 1.82) is 0 Å². The predicted molar refractivity (Wildman–Crippen MR) is 70.5 cm³/mol. The fraction of sp³-hybridized carbons (Fsp3) is 0.143. The van der Waals surface area contributed by atoms with Gasteiger partial charge in [-0.15, -0.1) is 0 Å². The summed E-state index contributed by atoms with van der Waals surface area (Å²) >= 11 is 3.36. The number of Topliss-reactive ketones (excluding diaryl/α,β-unsaturated/α-hetero) is 2. The highest BCUT2D eigenvalue weighted by Gasteiger charge is 2.24. The Bertz CT molecular complexity index is 492. The van der Waals surface area contributed by atoms with Gasteiger partial charge in [-0.2, -0.15) is 0 Å². The smallest absolute Gasteiger partial charge is 0.166 e. The second-order valence-corrected chi connectivity index (χ2v) is 4.75. The van der Waals surface area contributed by atoms with Crippen LogP contribution in [0.15, 0.2) is 46.5 Å². The van der Waals surface area contributed by atoms with Gasteiger partial charge in [0.25, 0.3) is 0 Å². The monoisotopic (exact) mass is 290 g/mol. The number of benzene rings is 1. The summed E-state index contributed by atoms with van der Waals surface area (Å²) in [6.07, 6.45) is 5.95. The van der Waals surface area contributed by atoms with Gasteiger partial charge < -0.3 is 0 Å². The Hall–Kier alpha value is -1.48. The molecule has 86 valence electrons. The van der Waals surface area contributed by atoms with Gasteiger partial charge in [-0.25, -0.2) is 0 Å². The summed E-state index contributed by atoms with van der Waals surface area (Å²) in [5.41, 5.74) is 1.36. The first-order valence-corrected chi connectivity index (χ1v) is 6.16. The molecule has 0 saturated heterocycles. The lowest BCUT2D eigenvalue weighted by molar-refractivity contribution is -0.116. The zero-order chi connectivity index (χ0) is 12.3. The van der Waals surface area contributed by atoms with Crippen LogP contribution in [0, 0.1) is 0 Å². The van der Waals surface area contributed by atoms with E-state index in [0.29, 0.717) is 18.4 Å². The molecule has 0 aromatic heterocycles. The Morgan fingerprint density at radius 3 is 2.18 bits per heavy atom. The molecule has 1 aromatic rings. The maximum absolute atomic E-state index is 11.3. The third kappa shape index (κ3) is 3.01. The maximum Gasteiger partial charge on any atom is 0.166 e. The molecule has 1 aromatic carbocycles. The van der Waals surface area contributed by atoms with Gasteiger partial charge in [-0.05, 0) is 23.8 Å². The van der Waals surface area contributed by atoms with Crippen LogP contribution in [0.25, 0.3) is 6.08 Å². The molecular formula is C14H11BrO2. The minimum absolute atomic E-state index is 0.0459. The van der Waals surface area contributed by atoms with Crippen LogP contribution in [0.2, 0.25) is 0 Å². The Kier molecular flexibility index (Phi) is 3.69. The fourth-order valence-corrected chi connectivity index (χ4v) is 1.93. The van der Waals surface area contributed by atoms with Gasteiger partial charge in [0.15, 0.2) is 11.6 Å². The first-order chi connectivity index (χ1) is 8.16. The minimum atomic E-state index is -0.0459. The van der Waals surface area contributed by atoms with Crippen LogP contribution in [0.4, 0.5) is 0 Å². The SMILES string of the molecule is O=C1CCC(=O)C1=C/C=C/c1ccc(Br)cc1. The summed E-state index contributed by atoms with van der Waals surface area (Å²) in [6.45, 7) is 0. The number of hydrogen-bond acceptors (Lipinski definition) is 2. The molecule has 0 aliphatic heterocycles. The molecule has 1 fully saturated rings. The molecule has 3 heteroatoms.